The van der Waals surface area contributed by atoms with Gasteiger partial charge in [-0.1, -0.05) is 0 Å². The second kappa shape index (κ2) is 2.81. The number of allylic oxidation sites excluding steroid dienone is 1. The third-order valence-corrected chi connectivity index (χ3v) is 3.27. The average Bonchev–Trinajstić information content (AvgIpc) is 2.47. The minimum absolute atomic E-state index is 0.182. The zero-order valence-corrected chi connectivity index (χ0v) is 6.93. The highest BCUT2D eigenvalue weighted by Crippen LogP contribution is 2.37. The number of nitrogens with zero attached hydrogens (tertiary/aromatic N) is 1. The maximum atomic E-state index is 10.6. The predicted octanol–water partition coefficient (Wildman–Crippen LogP) is 1.28. The van der Waals surface area contributed by atoms with Gasteiger partial charge in [0, 0.05) is 29.3 Å². The van der Waals surface area contributed by atoms with Gasteiger partial charge in [0.15, 0.2) is 0 Å². The van der Waals surface area contributed by atoms with Crippen molar-refractivity contribution in [1.29, 1.82) is 0 Å². The van der Waals surface area contributed by atoms with Crippen LogP contribution in [0.3, 0.4) is 0 Å². The van der Waals surface area contributed by atoms with Crippen molar-refractivity contribution in [2.24, 2.45) is 10.9 Å². The van der Waals surface area contributed by atoms with Crippen molar-refractivity contribution in [2.75, 3.05) is 12.3 Å². The molecule has 0 saturated carbocycles. The van der Waals surface area contributed by atoms with E-state index in [1.807, 2.05) is 6.21 Å². The van der Waals surface area contributed by atoms with Crippen molar-refractivity contribution in [3.8, 4) is 0 Å². The number of dihydropyridines is 1. The molecule has 0 fully saturated rings. The minimum atomic E-state index is 0.182. The molecule has 0 aliphatic carbocycles. The average molecular weight is 167 g/mol. The predicted molar refractivity (Wildman–Crippen MR) is 47.0 cm³/mol. The van der Waals surface area contributed by atoms with E-state index in [9.17, 15) is 4.79 Å². The number of carbonyl (C=O) groups is 1. The molecule has 2 heterocycles. The lowest BCUT2D eigenvalue weighted by atomic mass is 9.98. The van der Waals surface area contributed by atoms with Gasteiger partial charge < -0.3 is 4.79 Å². The van der Waals surface area contributed by atoms with Gasteiger partial charge >= 0.3 is 0 Å². The standard InChI is InChI=1S/C8H9NOS/c10-4-6-5-11-8-3-9-2-1-7(6)8/h3-4,6H,1-2,5H2. The summed E-state index contributed by atoms with van der Waals surface area (Å²) >= 11 is 1.76. The number of hydrogen-bond acceptors (Lipinski definition) is 3. The van der Waals surface area contributed by atoms with Gasteiger partial charge in [-0.15, -0.1) is 11.8 Å². The number of carbonyl (C=O) groups excluding carboxylic acids is 1. The molecule has 1 atom stereocenters. The van der Waals surface area contributed by atoms with Crippen LogP contribution in [0.25, 0.3) is 0 Å². The monoisotopic (exact) mass is 167 g/mol. The molecule has 1 unspecified atom stereocenters. The Morgan fingerprint density at radius 3 is 3.45 bits per heavy atom. The van der Waals surface area contributed by atoms with Crippen LogP contribution in [0.1, 0.15) is 6.42 Å². The first-order valence-electron chi connectivity index (χ1n) is 3.73. The molecule has 3 heteroatoms. The Labute approximate surface area is 69.8 Å². The third-order valence-electron chi connectivity index (χ3n) is 2.07. The topological polar surface area (TPSA) is 29.4 Å². The molecule has 0 aromatic rings. The fraction of sp³-hybridized carbons (Fsp3) is 0.500. The molecular formula is C8H9NOS. The summed E-state index contributed by atoms with van der Waals surface area (Å²) in [4.78, 5) is 16.0. The van der Waals surface area contributed by atoms with Crippen molar-refractivity contribution in [3.05, 3.63) is 10.5 Å². The van der Waals surface area contributed by atoms with Gasteiger partial charge in [0.25, 0.3) is 0 Å². The first-order chi connectivity index (χ1) is 5.42. The number of hydrogen-bond donors (Lipinski definition) is 0. The molecule has 0 N–H and O–H groups in total. The van der Waals surface area contributed by atoms with Gasteiger partial charge in [0.05, 0.1) is 0 Å². The molecule has 0 aromatic heterocycles. The molecule has 2 aliphatic rings. The van der Waals surface area contributed by atoms with Gasteiger partial charge in [-0.05, 0) is 12.0 Å². The molecule has 0 bridgehead atoms. The summed E-state index contributed by atoms with van der Waals surface area (Å²) in [6.45, 7) is 0.865. The van der Waals surface area contributed by atoms with Crippen molar-refractivity contribution in [3.63, 3.8) is 0 Å². The van der Waals surface area contributed by atoms with E-state index < -0.39 is 0 Å². The number of rotatable bonds is 1. The van der Waals surface area contributed by atoms with Crippen molar-refractivity contribution in [1.82, 2.24) is 0 Å². The van der Waals surface area contributed by atoms with E-state index >= 15 is 0 Å². The molecule has 0 amide bonds. The molecule has 0 aromatic carbocycles. The maximum absolute atomic E-state index is 10.6. The van der Waals surface area contributed by atoms with Crippen LogP contribution in [0.4, 0.5) is 0 Å². The van der Waals surface area contributed by atoms with Crippen molar-refractivity contribution in [2.45, 2.75) is 6.42 Å². The van der Waals surface area contributed by atoms with Gasteiger partial charge in [-0.25, -0.2) is 0 Å². The Kier molecular flexibility index (Phi) is 1.82. The molecule has 2 nitrogen and oxygen atoms in total. The first kappa shape index (κ1) is 7.10. The quantitative estimate of drug-likeness (QED) is 0.550. The fourth-order valence-corrected chi connectivity index (χ4v) is 2.66. The maximum Gasteiger partial charge on any atom is 0.128 e. The Balaban J connectivity index is 2.28. The van der Waals surface area contributed by atoms with Crippen LogP contribution >= 0.6 is 11.8 Å². The molecule has 0 saturated heterocycles. The second-order valence-electron chi connectivity index (χ2n) is 2.73. The van der Waals surface area contributed by atoms with E-state index in [0.29, 0.717) is 0 Å². The van der Waals surface area contributed by atoms with Crippen LogP contribution in [-0.4, -0.2) is 24.8 Å². The SMILES string of the molecule is O=CC1CSC2=C1CCN=C2. The van der Waals surface area contributed by atoms with E-state index in [1.54, 1.807) is 11.8 Å². The molecule has 11 heavy (non-hydrogen) atoms. The van der Waals surface area contributed by atoms with Gasteiger partial charge in [0.1, 0.15) is 6.29 Å². The first-order valence-corrected chi connectivity index (χ1v) is 4.71. The van der Waals surface area contributed by atoms with Crippen molar-refractivity contribution >= 4 is 24.3 Å². The highest BCUT2D eigenvalue weighted by atomic mass is 32.2. The van der Waals surface area contributed by atoms with Crippen LogP contribution < -0.4 is 0 Å². The summed E-state index contributed by atoms with van der Waals surface area (Å²) in [5.74, 6) is 1.11. The lowest BCUT2D eigenvalue weighted by molar-refractivity contribution is -0.109. The highest BCUT2D eigenvalue weighted by molar-refractivity contribution is 8.04. The normalized spacial score (nSPS) is 28.9. The summed E-state index contributed by atoms with van der Waals surface area (Å²) in [6.07, 6.45) is 3.96. The van der Waals surface area contributed by atoms with Crippen LogP contribution in [0, 0.1) is 5.92 Å². The summed E-state index contributed by atoms with van der Waals surface area (Å²) in [5, 5.41) is 0. The fourth-order valence-electron chi connectivity index (χ4n) is 1.44. The van der Waals surface area contributed by atoms with E-state index in [4.69, 9.17) is 0 Å². The molecule has 2 rings (SSSR count). The van der Waals surface area contributed by atoms with E-state index in [1.165, 1.54) is 10.5 Å². The van der Waals surface area contributed by atoms with E-state index in [2.05, 4.69) is 4.99 Å². The Hall–Kier alpha value is -0.570. The lowest BCUT2D eigenvalue weighted by Gasteiger charge is -2.08. The zero-order chi connectivity index (χ0) is 7.68. The van der Waals surface area contributed by atoms with Crippen LogP contribution in [0.5, 0.6) is 0 Å². The molecule has 2 aliphatic heterocycles. The summed E-state index contributed by atoms with van der Waals surface area (Å²) in [5.41, 5.74) is 1.32. The van der Waals surface area contributed by atoms with Gasteiger partial charge in [-0.3, -0.25) is 4.99 Å². The Morgan fingerprint density at radius 2 is 2.64 bits per heavy atom. The number of aliphatic imine (C=N–C) groups is 1. The van der Waals surface area contributed by atoms with Crippen molar-refractivity contribution < 1.29 is 4.79 Å². The minimum Gasteiger partial charge on any atom is -0.303 e. The molecule has 0 radical (unpaired) electrons. The van der Waals surface area contributed by atoms with Gasteiger partial charge in [0.2, 0.25) is 0 Å². The summed E-state index contributed by atoms with van der Waals surface area (Å²) in [7, 11) is 0. The second-order valence-corrected chi connectivity index (χ2v) is 3.79. The lowest BCUT2D eigenvalue weighted by Crippen LogP contribution is -2.07. The van der Waals surface area contributed by atoms with Crippen LogP contribution in [-0.2, 0) is 4.79 Å². The van der Waals surface area contributed by atoms with Crippen LogP contribution in [0.15, 0.2) is 15.5 Å². The van der Waals surface area contributed by atoms with E-state index in [-0.39, 0.29) is 5.92 Å². The number of aldehydes is 1. The third kappa shape index (κ3) is 1.13. The molecule has 58 valence electrons. The highest BCUT2D eigenvalue weighted by Gasteiger charge is 2.25. The molecular weight excluding hydrogens is 158 g/mol. The Bertz CT molecular complexity index is 244. The number of thioether (sulfide) groups is 1. The smallest absolute Gasteiger partial charge is 0.128 e. The summed E-state index contributed by atoms with van der Waals surface area (Å²) < 4.78 is 0. The Morgan fingerprint density at radius 1 is 1.73 bits per heavy atom. The largest absolute Gasteiger partial charge is 0.303 e. The van der Waals surface area contributed by atoms with Crippen LogP contribution in [0.2, 0.25) is 0 Å². The zero-order valence-electron chi connectivity index (χ0n) is 6.12. The van der Waals surface area contributed by atoms with Gasteiger partial charge in [-0.2, -0.15) is 0 Å². The van der Waals surface area contributed by atoms with E-state index in [0.717, 1.165) is 25.0 Å². The molecule has 0 spiro atoms. The summed E-state index contributed by atoms with van der Waals surface area (Å²) in [6, 6.07) is 0.